The van der Waals surface area contributed by atoms with Crippen molar-refractivity contribution in [2.75, 3.05) is 6.54 Å². The lowest BCUT2D eigenvalue weighted by Crippen LogP contribution is -2.35. The Kier molecular flexibility index (Phi) is 6.67. The zero-order valence-corrected chi connectivity index (χ0v) is 14.5. The van der Waals surface area contributed by atoms with Crippen LogP contribution in [0.4, 0.5) is 0 Å². The van der Waals surface area contributed by atoms with Gasteiger partial charge in [-0.05, 0) is 11.1 Å². The summed E-state index contributed by atoms with van der Waals surface area (Å²) in [6, 6.07) is 20.9. The van der Waals surface area contributed by atoms with Gasteiger partial charge in [0.05, 0.1) is 6.10 Å². The van der Waals surface area contributed by atoms with Gasteiger partial charge < -0.3 is 5.11 Å². The van der Waals surface area contributed by atoms with Gasteiger partial charge in [-0.3, -0.25) is 4.90 Å². The van der Waals surface area contributed by atoms with Crippen molar-refractivity contribution in [1.82, 2.24) is 4.90 Å². The lowest BCUT2D eigenvalue weighted by atomic mass is 10.1. The minimum Gasteiger partial charge on any atom is -0.391 e. The largest absolute Gasteiger partial charge is 0.391 e. The third-order valence-corrected chi connectivity index (χ3v) is 4.30. The van der Waals surface area contributed by atoms with Crippen LogP contribution in [-0.2, 0) is 13.1 Å². The number of alkyl halides is 1. The fourth-order valence-corrected chi connectivity index (χ4v) is 2.51. The zero-order chi connectivity index (χ0) is 15.1. The van der Waals surface area contributed by atoms with E-state index in [0.717, 1.165) is 13.1 Å². The maximum absolute atomic E-state index is 10.2. The fraction of sp³-hybridized carbons (Fsp3) is 0.333. The van der Waals surface area contributed by atoms with Crippen molar-refractivity contribution in [3.8, 4) is 0 Å². The highest BCUT2D eigenvalue weighted by molar-refractivity contribution is 14.1. The Morgan fingerprint density at radius 3 is 1.71 bits per heavy atom. The average Bonchev–Trinajstić information content (AvgIpc) is 2.49. The van der Waals surface area contributed by atoms with Crippen LogP contribution in [0.25, 0.3) is 0 Å². The molecule has 0 saturated carbocycles. The van der Waals surface area contributed by atoms with E-state index >= 15 is 0 Å². The van der Waals surface area contributed by atoms with Gasteiger partial charge in [-0.25, -0.2) is 0 Å². The van der Waals surface area contributed by atoms with Crippen molar-refractivity contribution in [3.63, 3.8) is 0 Å². The number of aliphatic hydroxyl groups excluding tert-OH is 1. The Balaban J connectivity index is 2.06. The van der Waals surface area contributed by atoms with Gasteiger partial charge in [0.2, 0.25) is 0 Å². The van der Waals surface area contributed by atoms with E-state index in [2.05, 4.69) is 82.9 Å². The molecule has 0 aromatic heterocycles. The van der Waals surface area contributed by atoms with E-state index in [-0.39, 0.29) is 10.0 Å². The molecular weight excluding hydrogens is 373 g/mol. The third-order valence-electron chi connectivity index (χ3n) is 3.47. The molecule has 0 aliphatic heterocycles. The minimum absolute atomic E-state index is 0.247. The summed E-state index contributed by atoms with van der Waals surface area (Å²) in [5.41, 5.74) is 2.56. The maximum Gasteiger partial charge on any atom is 0.0782 e. The first kappa shape index (κ1) is 16.5. The highest BCUT2D eigenvalue weighted by Gasteiger charge is 2.16. The third kappa shape index (κ3) is 5.77. The number of halogens is 1. The predicted molar refractivity (Wildman–Crippen MR) is 96.5 cm³/mol. The first-order valence-electron chi connectivity index (χ1n) is 7.27. The SMILES string of the molecule is C[C@@H](I)[C@H](O)CN(Cc1ccccc1)Cc1ccccc1. The van der Waals surface area contributed by atoms with Gasteiger partial charge in [0.25, 0.3) is 0 Å². The van der Waals surface area contributed by atoms with Crippen LogP contribution >= 0.6 is 22.6 Å². The fourth-order valence-electron chi connectivity index (χ4n) is 2.28. The van der Waals surface area contributed by atoms with Gasteiger partial charge in [-0.2, -0.15) is 0 Å². The van der Waals surface area contributed by atoms with Gasteiger partial charge in [-0.1, -0.05) is 90.2 Å². The molecule has 2 aromatic carbocycles. The van der Waals surface area contributed by atoms with Gasteiger partial charge in [0.15, 0.2) is 0 Å². The van der Waals surface area contributed by atoms with Crippen LogP contribution in [-0.4, -0.2) is 26.6 Å². The molecule has 2 aromatic rings. The summed E-state index contributed by atoms with van der Waals surface area (Å²) in [5, 5.41) is 10.2. The van der Waals surface area contributed by atoms with Crippen LogP contribution in [0.1, 0.15) is 18.1 Å². The van der Waals surface area contributed by atoms with E-state index in [0.29, 0.717) is 6.54 Å². The number of benzene rings is 2. The van der Waals surface area contributed by atoms with Crippen molar-refractivity contribution in [1.29, 1.82) is 0 Å². The first-order chi connectivity index (χ1) is 10.1. The van der Waals surface area contributed by atoms with E-state index in [9.17, 15) is 5.11 Å². The summed E-state index contributed by atoms with van der Waals surface area (Å²) < 4.78 is 0.247. The Bertz CT molecular complexity index is 474. The Morgan fingerprint density at radius 2 is 1.33 bits per heavy atom. The highest BCUT2D eigenvalue weighted by Crippen LogP contribution is 2.13. The Labute approximate surface area is 140 Å². The Morgan fingerprint density at radius 1 is 0.905 bits per heavy atom. The second-order valence-electron chi connectivity index (χ2n) is 5.39. The summed E-state index contributed by atoms with van der Waals surface area (Å²) in [6.07, 6.45) is -0.307. The molecule has 0 saturated heterocycles. The lowest BCUT2D eigenvalue weighted by molar-refractivity contribution is 0.108. The Hall–Kier alpha value is -0.910. The standard InChI is InChI=1S/C18H22INO/c1-15(19)18(21)14-20(12-16-8-4-2-5-9-16)13-17-10-6-3-7-11-17/h2-11,15,18,21H,12-14H2,1H3/t15-,18-/m1/s1. The van der Waals surface area contributed by atoms with Gasteiger partial charge in [0, 0.05) is 23.6 Å². The highest BCUT2D eigenvalue weighted by atomic mass is 127. The van der Waals surface area contributed by atoms with Crippen LogP contribution in [0.3, 0.4) is 0 Å². The van der Waals surface area contributed by atoms with Crippen LogP contribution < -0.4 is 0 Å². The summed E-state index contributed by atoms with van der Waals surface area (Å²) in [4.78, 5) is 2.31. The second-order valence-corrected chi connectivity index (χ2v) is 7.35. The molecule has 21 heavy (non-hydrogen) atoms. The first-order valence-corrected chi connectivity index (χ1v) is 8.52. The van der Waals surface area contributed by atoms with E-state index in [4.69, 9.17) is 0 Å². The number of aliphatic hydroxyl groups is 1. The zero-order valence-electron chi connectivity index (χ0n) is 12.3. The summed E-state index contributed by atoms with van der Waals surface area (Å²) in [6.45, 7) is 4.45. The van der Waals surface area contributed by atoms with E-state index < -0.39 is 0 Å². The molecule has 1 N–H and O–H groups in total. The molecule has 3 heteroatoms. The van der Waals surface area contributed by atoms with Gasteiger partial charge in [0.1, 0.15) is 0 Å². The van der Waals surface area contributed by atoms with Crippen LogP contribution in [0.5, 0.6) is 0 Å². The lowest BCUT2D eigenvalue weighted by Gasteiger charge is -2.26. The summed E-state index contributed by atoms with van der Waals surface area (Å²) in [5.74, 6) is 0. The topological polar surface area (TPSA) is 23.5 Å². The molecule has 2 atom stereocenters. The van der Waals surface area contributed by atoms with Crippen molar-refractivity contribution in [2.24, 2.45) is 0 Å². The molecule has 0 amide bonds. The molecule has 0 aliphatic rings. The molecule has 2 nitrogen and oxygen atoms in total. The average molecular weight is 395 g/mol. The van der Waals surface area contributed by atoms with E-state index in [1.165, 1.54) is 11.1 Å². The maximum atomic E-state index is 10.2. The normalized spacial score (nSPS) is 14.1. The van der Waals surface area contributed by atoms with Crippen molar-refractivity contribution in [3.05, 3.63) is 71.8 Å². The number of hydrogen-bond acceptors (Lipinski definition) is 2. The van der Waals surface area contributed by atoms with Crippen LogP contribution in [0.15, 0.2) is 60.7 Å². The minimum atomic E-state index is -0.307. The van der Waals surface area contributed by atoms with E-state index in [1.807, 2.05) is 12.1 Å². The molecule has 0 radical (unpaired) electrons. The molecule has 0 unspecified atom stereocenters. The number of hydrogen-bond donors (Lipinski definition) is 1. The molecule has 0 aliphatic carbocycles. The van der Waals surface area contributed by atoms with Crippen LogP contribution in [0.2, 0.25) is 0 Å². The smallest absolute Gasteiger partial charge is 0.0782 e. The molecule has 0 spiro atoms. The molecule has 0 fully saturated rings. The monoisotopic (exact) mass is 395 g/mol. The van der Waals surface area contributed by atoms with Crippen molar-refractivity contribution < 1.29 is 5.11 Å². The van der Waals surface area contributed by atoms with E-state index in [1.54, 1.807) is 0 Å². The van der Waals surface area contributed by atoms with Gasteiger partial charge in [-0.15, -0.1) is 0 Å². The molecular formula is C18H22INO. The predicted octanol–water partition coefficient (Wildman–Crippen LogP) is 3.87. The summed E-state index contributed by atoms with van der Waals surface area (Å²) >= 11 is 2.29. The van der Waals surface area contributed by atoms with Crippen molar-refractivity contribution >= 4 is 22.6 Å². The van der Waals surface area contributed by atoms with Crippen LogP contribution in [0, 0.1) is 0 Å². The second kappa shape index (κ2) is 8.51. The molecule has 2 rings (SSSR count). The molecule has 0 bridgehead atoms. The summed E-state index contributed by atoms with van der Waals surface area (Å²) in [7, 11) is 0. The molecule has 112 valence electrons. The molecule has 0 heterocycles. The van der Waals surface area contributed by atoms with Crippen molar-refractivity contribution in [2.45, 2.75) is 30.0 Å². The quantitative estimate of drug-likeness (QED) is 0.568. The number of rotatable bonds is 7. The number of nitrogens with zero attached hydrogens (tertiary/aromatic N) is 1. The van der Waals surface area contributed by atoms with Gasteiger partial charge >= 0.3 is 0 Å².